The molecule has 0 radical (unpaired) electrons. The van der Waals surface area contributed by atoms with E-state index in [0.717, 1.165) is 4.90 Å². The third-order valence-electron chi connectivity index (χ3n) is 3.08. The lowest BCUT2D eigenvalue weighted by Crippen LogP contribution is -2.23. The van der Waals surface area contributed by atoms with Crippen molar-refractivity contribution in [1.82, 2.24) is 4.90 Å². The van der Waals surface area contributed by atoms with Crippen molar-refractivity contribution < 1.29 is 9.59 Å². The van der Waals surface area contributed by atoms with Crippen molar-refractivity contribution in [3.8, 4) is 0 Å². The number of carbonyl (C=O) groups excluding carboxylic acids is 2. The van der Waals surface area contributed by atoms with Crippen LogP contribution in [0.4, 0.5) is 5.69 Å². The maximum Gasteiger partial charge on any atom is 0.256 e. The first-order valence-electron chi connectivity index (χ1n) is 6.96. The first kappa shape index (κ1) is 17.4. The monoisotopic (exact) mass is 348 g/mol. The minimum atomic E-state index is -0.215. The van der Waals surface area contributed by atoms with Gasteiger partial charge in [0.1, 0.15) is 0 Å². The molecule has 4 nitrogen and oxygen atoms in total. The van der Waals surface area contributed by atoms with Gasteiger partial charge in [-0.05, 0) is 36.4 Å². The van der Waals surface area contributed by atoms with Crippen LogP contribution >= 0.6 is 23.4 Å². The molecular formula is C17H17ClN2O2S. The van der Waals surface area contributed by atoms with Gasteiger partial charge in [-0.25, -0.2) is 0 Å². The molecule has 6 heteroatoms. The second-order valence-corrected chi connectivity index (χ2v) is 6.49. The zero-order chi connectivity index (χ0) is 16.8. The molecule has 120 valence electrons. The van der Waals surface area contributed by atoms with Crippen molar-refractivity contribution in [1.29, 1.82) is 0 Å². The van der Waals surface area contributed by atoms with Crippen LogP contribution in [0.2, 0.25) is 5.02 Å². The van der Waals surface area contributed by atoms with Crippen molar-refractivity contribution >= 4 is 40.9 Å². The molecule has 2 aromatic carbocycles. The Bertz CT molecular complexity index is 702. The lowest BCUT2D eigenvalue weighted by Gasteiger charge is -2.12. The van der Waals surface area contributed by atoms with Gasteiger partial charge in [-0.2, -0.15) is 0 Å². The van der Waals surface area contributed by atoms with Crippen LogP contribution in [0.1, 0.15) is 10.4 Å². The van der Waals surface area contributed by atoms with Crippen LogP contribution in [-0.4, -0.2) is 36.6 Å². The van der Waals surface area contributed by atoms with Gasteiger partial charge in [-0.1, -0.05) is 23.7 Å². The topological polar surface area (TPSA) is 49.4 Å². The Balaban J connectivity index is 2.11. The van der Waals surface area contributed by atoms with Crippen LogP contribution in [0.25, 0.3) is 0 Å². The van der Waals surface area contributed by atoms with Gasteiger partial charge in [0.25, 0.3) is 5.91 Å². The third-order valence-corrected chi connectivity index (χ3v) is 4.39. The number of rotatable bonds is 5. The number of nitrogens with one attached hydrogen (secondary N) is 1. The minimum absolute atomic E-state index is 0.00270. The summed E-state index contributed by atoms with van der Waals surface area (Å²) in [6, 6.07) is 14.1. The maximum absolute atomic E-state index is 12.4. The summed E-state index contributed by atoms with van der Waals surface area (Å²) < 4.78 is 0. The van der Waals surface area contributed by atoms with Gasteiger partial charge in [0.15, 0.2) is 0 Å². The van der Waals surface area contributed by atoms with Crippen molar-refractivity contribution in [3.05, 3.63) is 59.1 Å². The van der Waals surface area contributed by atoms with Crippen molar-refractivity contribution in [2.75, 3.05) is 25.2 Å². The Morgan fingerprint density at radius 1 is 1.09 bits per heavy atom. The fraction of sp³-hybridized carbons (Fsp3) is 0.176. The van der Waals surface area contributed by atoms with E-state index in [1.807, 2.05) is 12.1 Å². The first-order chi connectivity index (χ1) is 11.0. The Kier molecular flexibility index (Phi) is 6.07. The molecule has 23 heavy (non-hydrogen) atoms. The van der Waals surface area contributed by atoms with Crippen LogP contribution in [0, 0.1) is 0 Å². The molecule has 0 aliphatic rings. The van der Waals surface area contributed by atoms with Crippen molar-refractivity contribution in [3.63, 3.8) is 0 Å². The normalized spacial score (nSPS) is 10.2. The van der Waals surface area contributed by atoms with Crippen LogP contribution in [0.5, 0.6) is 0 Å². The number of hydrogen-bond acceptors (Lipinski definition) is 3. The van der Waals surface area contributed by atoms with E-state index in [-0.39, 0.29) is 17.6 Å². The fourth-order valence-electron chi connectivity index (χ4n) is 1.78. The average molecular weight is 349 g/mol. The summed E-state index contributed by atoms with van der Waals surface area (Å²) in [5, 5.41) is 3.44. The van der Waals surface area contributed by atoms with Gasteiger partial charge in [0.05, 0.1) is 11.3 Å². The van der Waals surface area contributed by atoms with Gasteiger partial charge in [-0.15, -0.1) is 11.8 Å². The Morgan fingerprint density at radius 3 is 2.39 bits per heavy atom. The number of carbonyl (C=O) groups is 2. The molecule has 2 rings (SSSR count). The molecule has 0 heterocycles. The maximum atomic E-state index is 12.4. The highest BCUT2D eigenvalue weighted by Crippen LogP contribution is 2.24. The number of halogens is 1. The van der Waals surface area contributed by atoms with Crippen LogP contribution in [0.15, 0.2) is 53.4 Å². The number of anilines is 1. The summed E-state index contributed by atoms with van der Waals surface area (Å²) in [4.78, 5) is 26.5. The molecule has 1 N–H and O–H groups in total. The predicted octanol–water partition coefficient (Wildman–Crippen LogP) is 3.77. The highest BCUT2D eigenvalue weighted by molar-refractivity contribution is 8.00. The summed E-state index contributed by atoms with van der Waals surface area (Å²) in [6.07, 6.45) is 0. The van der Waals surface area contributed by atoms with Gasteiger partial charge in [0.2, 0.25) is 5.91 Å². The van der Waals surface area contributed by atoms with Gasteiger partial charge in [0, 0.05) is 29.7 Å². The summed E-state index contributed by atoms with van der Waals surface area (Å²) in [6.45, 7) is 0. The molecule has 0 unspecified atom stereocenters. The molecular weight excluding hydrogens is 332 g/mol. The van der Waals surface area contributed by atoms with Crippen molar-refractivity contribution in [2.45, 2.75) is 4.90 Å². The second-order valence-electron chi connectivity index (χ2n) is 5.03. The van der Waals surface area contributed by atoms with Crippen LogP contribution < -0.4 is 5.32 Å². The van der Waals surface area contributed by atoms with E-state index in [9.17, 15) is 9.59 Å². The molecule has 0 saturated heterocycles. The van der Waals surface area contributed by atoms with E-state index in [0.29, 0.717) is 16.3 Å². The zero-order valence-corrected chi connectivity index (χ0v) is 14.4. The van der Waals surface area contributed by atoms with Gasteiger partial charge in [-0.3, -0.25) is 9.59 Å². The van der Waals surface area contributed by atoms with E-state index >= 15 is 0 Å². The van der Waals surface area contributed by atoms with E-state index in [1.54, 1.807) is 50.5 Å². The average Bonchev–Trinajstić information content (AvgIpc) is 2.54. The molecule has 2 aromatic rings. The molecule has 0 spiro atoms. The minimum Gasteiger partial charge on any atom is -0.348 e. The van der Waals surface area contributed by atoms with E-state index in [4.69, 9.17) is 11.6 Å². The molecule has 0 saturated carbocycles. The lowest BCUT2D eigenvalue weighted by atomic mass is 10.2. The van der Waals surface area contributed by atoms with Crippen LogP contribution in [0.3, 0.4) is 0 Å². The Morgan fingerprint density at radius 2 is 1.74 bits per heavy atom. The van der Waals surface area contributed by atoms with Crippen LogP contribution in [-0.2, 0) is 4.79 Å². The summed E-state index contributed by atoms with van der Waals surface area (Å²) in [5.74, 6) is 0.0775. The highest BCUT2D eigenvalue weighted by Gasteiger charge is 2.13. The first-order valence-corrected chi connectivity index (χ1v) is 8.32. The standard InChI is InChI=1S/C17H17ClN2O2S/c1-20(2)16(21)11-23-15-6-4-3-5-14(15)17(22)19-13-9-7-12(18)8-10-13/h3-10H,11H2,1-2H3,(H,19,22). The number of nitrogens with zero attached hydrogens (tertiary/aromatic N) is 1. The fourth-order valence-corrected chi connectivity index (χ4v) is 2.93. The molecule has 0 aromatic heterocycles. The predicted molar refractivity (Wildman–Crippen MR) is 95.3 cm³/mol. The van der Waals surface area contributed by atoms with E-state index in [2.05, 4.69) is 5.32 Å². The summed E-state index contributed by atoms with van der Waals surface area (Å²) in [7, 11) is 3.42. The SMILES string of the molecule is CN(C)C(=O)CSc1ccccc1C(=O)Nc1ccc(Cl)cc1. The number of thioether (sulfide) groups is 1. The Hall–Kier alpha value is -1.98. The highest BCUT2D eigenvalue weighted by atomic mass is 35.5. The molecule has 0 fully saturated rings. The third kappa shape index (κ3) is 5.01. The summed E-state index contributed by atoms with van der Waals surface area (Å²) >= 11 is 7.19. The molecule has 0 aliphatic heterocycles. The second kappa shape index (κ2) is 8.04. The number of benzene rings is 2. The molecule has 2 amide bonds. The van der Waals surface area contributed by atoms with E-state index < -0.39 is 0 Å². The zero-order valence-electron chi connectivity index (χ0n) is 12.9. The smallest absolute Gasteiger partial charge is 0.256 e. The quantitative estimate of drug-likeness (QED) is 0.837. The lowest BCUT2D eigenvalue weighted by molar-refractivity contribution is -0.125. The molecule has 0 aliphatic carbocycles. The summed E-state index contributed by atoms with van der Waals surface area (Å²) in [5.41, 5.74) is 1.21. The van der Waals surface area contributed by atoms with Crippen molar-refractivity contribution in [2.24, 2.45) is 0 Å². The Labute approximate surface area is 144 Å². The molecule has 0 atom stereocenters. The number of hydrogen-bond donors (Lipinski definition) is 1. The van der Waals surface area contributed by atoms with Gasteiger partial charge >= 0.3 is 0 Å². The number of amides is 2. The van der Waals surface area contributed by atoms with Gasteiger partial charge < -0.3 is 10.2 Å². The largest absolute Gasteiger partial charge is 0.348 e. The molecule has 0 bridgehead atoms. The van der Waals surface area contributed by atoms with E-state index in [1.165, 1.54) is 16.7 Å².